The molecule has 1 heterocycles. The van der Waals surface area contributed by atoms with E-state index in [1.54, 1.807) is 12.1 Å². The van der Waals surface area contributed by atoms with Crippen LogP contribution in [0.25, 0.3) is 0 Å². The van der Waals surface area contributed by atoms with Gasteiger partial charge in [0.25, 0.3) is 0 Å². The third-order valence-corrected chi connectivity index (χ3v) is 4.90. The van der Waals surface area contributed by atoms with Gasteiger partial charge < -0.3 is 14.7 Å². The van der Waals surface area contributed by atoms with E-state index >= 15 is 0 Å². The topological polar surface area (TPSA) is 49.8 Å². The second-order valence-electron chi connectivity index (χ2n) is 7.05. The maximum Gasteiger partial charge on any atom is 0.303 e. The first-order valence-electron chi connectivity index (χ1n) is 9.58. The van der Waals surface area contributed by atoms with E-state index in [2.05, 4.69) is 29.2 Å². The van der Waals surface area contributed by atoms with Gasteiger partial charge in [-0.1, -0.05) is 12.1 Å². The van der Waals surface area contributed by atoms with Crippen molar-refractivity contribution in [1.82, 2.24) is 0 Å². The lowest BCUT2D eigenvalue weighted by atomic mass is 10.0. The maximum absolute atomic E-state index is 13.0. The highest BCUT2D eigenvalue weighted by molar-refractivity contribution is 5.66. The lowest BCUT2D eigenvalue weighted by molar-refractivity contribution is -0.137. The van der Waals surface area contributed by atoms with Gasteiger partial charge in [0.2, 0.25) is 0 Å². The normalized spacial score (nSPS) is 16.9. The first-order valence-corrected chi connectivity index (χ1v) is 9.58. The van der Waals surface area contributed by atoms with Crippen LogP contribution in [-0.4, -0.2) is 30.3 Å². The summed E-state index contributed by atoms with van der Waals surface area (Å²) < 4.78 is 19.0. The summed E-state index contributed by atoms with van der Waals surface area (Å²) in [4.78, 5) is 12.9. The number of carbonyl (C=O) groups is 1. The molecule has 1 aliphatic rings. The van der Waals surface area contributed by atoms with E-state index in [9.17, 15) is 9.18 Å². The number of hydrogen-bond donors (Lipinski definition) is 1. The van der Waals surface area contributed by atoms with Crippen LogP contribution in [-0.2, 0) is 11.2 Å². The van der Waals surface area contributed by atoms with E-state index in [-0.39, 0.29) is 18.3 Å². The van der Waals surface area contributed by atoms with Gasteiger partial charge in [-0.15, -0.1) is 0 Å². The molecule has 0 aromatic heterocycles. The molecular weight excluding hydrogens is 345 g/mol. The minimum atomic E-state index is -0.729. The number of benzene rings is 2. The number of anilines is 1. The molecule has 0 aliphatic carbocycles. The highest BCUT2D eigenvalue weighted by atomic mass is 19.1. The van der Waals surface area contributed by atoms with Crippen LogP contribution < -0.4 is 9.64 Å². The van der Waals surface area contributed by atoms with Crippen molar-refractivity contribution >= 4 is 11.7 Å². The van der Waals surface area contributed by atoms with Crippen molar-refractivity contribution < 1.29 is 19.0 Å². The predicted molar refractivity (Wildman–Crippen MR) is 104 cm³/mol. The molecular formula is C22H26FNO3. The van der Waals surface area contributed by atoms with E-state index < -0.39 is 5.97 Å². The molecule has 1 aliphatic heterocycles. The summed E-state index contributed by atoms with van der Waals surface area (Å²) in [6.45, 7) is 1.82. The first-order chi connectivity index (χ1) is 13.1. The second kappa shape index (κ2) is 9.40. The van der Waals surface area contributed by atoms with Crippen molar-refractivity contribution in [2.45, 2.75) is 44.6 Å². The Morgan fingerprint density at radius 1 is 1.11 bits per heavy atom. The highest BCUT2D eigenvalue weighted by Gasteiger charge is 2.21. The maximum atomic E-state index is 13.0. The summed E-state index contributed by atoms with van der Waals surface area (Å²) in [5.41, 5.74) is 2.41. The number of carboxylic acids is 1. The molecule has 2 aromatic carbocycles. The standard InChI is InChI=1S/C22H26FNO3/c23-18-9-13-20(14-10-18)27-21-5-3-15-24(16-21)19-11-7-17(8-12-19)4-1-2-6-22(25)26/h7-14,21H,1-6,15-16H2,(H,25,26)/t21-/m0/s1. The van der Waals surface area contributed by atoms with Gasteiger partial charge >= 0.3 is 5.97 Å². The quantitative estimate of drug-likeness (QED) is 0.685. The van der Waals surface area contributed by atoms with Gasteiger partial charge in [0, 0.05) is 18.7 Å². The molecule has 0 amide bonds. The minimum Gasteiger partial charge on any atom is -0.489 e. The van der Waals surface area contributed by atoms with Gasteiger partial charge in [0.05, 0.1) is 6.54 Å². The van der Waals surface area contributed by atoms with E-state index in [0.29, 0.717) is 12.2 Å². The van der Waals surface area contributed by atoms with Crippen LogP contribution in [0.3, 0.4) is 0 Å². The molecule has 1 atom stereocenters. The summed E-state index contributed by atoms with van der Waals surface area (Å²) in [5.74, 6) is -0.275. The Bertz CT molecular complexity index is 730. The fourth-order valence-electron chi connectivity index (χ4n) is 3.45. The number of ether oxygens (including phenoxy) is 1. The van der Waals surface area contributed by atoms with Crippen LogP contribution in [0.15, 0.2) is 48.5 Å². The number of aliphatic carboxylic acids is 1. The van der Waals surface area contributed by atoms with E-state index in [1.165, 1.54) is 23.4 Å². The molecule has 1 saturated heterocycles. The van der Waals surface area contributed by atoms with Crippen molar-refractivity contribution in [2.75, 3.05) is 18.0 Å². The number of halogens is 1. The molecule has 3 rings (SSSR count). The van der Waals surface area contributed by atoms with Gasteiger partial charge in [0.15, 0.2) is 0 Å². The Balaban J connectivity index is 1.51. The summed E-state index contributed by atoms with van der Waals surface area (Å²) >= 11 is 0. The molecule has 0 bridgehead atoms. The fourth-order valence-corrected chi connectivity index (χ4v) is 3.45. The molecule has 5 heteroatoms. The molecule has 0 radical (unpaired) electrons. The van der Waals surface area contributed by atoms with E-state index in [1.807, 2.05) is 0 Å². The third-order valence-electron chi connectivity index (χ3n) is 4.90. The van der Waals surface area contributed by atoms with Crippen molar-refractivity contribution in [3.8, 4) is 5.75 Å². The van der Waals surface area contributed by atoms with Crippen molar-refractivity contribution in [3.63, 3.8) is 0 Å². The van der Waals surface area contributed by atoms with Gasteiger partial charge in [-0.2, -0.15) is 0 Å². The van der Waals surface area contributed by atoms with Crippen molar-refractivity contribution in [1.29, 1.82) is 0 Å². The molecule has 1 N–H and O–H groups in total. The van der Waals surface area contributed by atoms with E-state index in [4.69, 9.17) is 9.84 Å². The average Bonchev–Trinajstić information content (AvgIpc) is 2.68. The number of nitrogens with zero attached hydrogens (tertiary/aromatic N) is 1. The molecule has 0 saturated carbocycles. The number of unbranched alkanes of at least 4 members (excludes halogenated alkanes) is 1. The Hall–Kier alpha value is -2.56. The van der Waals surface area contributed by atoms with Crippen molar-refractivity contribution in [3.05, 3.63) is 59.9 Å². The lowest BCUT2D eigenvalue weighted by Crippen LogP contribution is -2.41. The van der Waals surface area contributed by atoms with Gasteiger partial charge in [0.1, 0.15) is 17.7 Å². The lowest BCUT2D eigenvalue weighted by Gasteiger charge is -2.34. The Labute approximate surface area is 159 Å². The largest absolute Gasteiger partial charge is 0.489 e. The summed E-state index contributed by atoms with van der Waals surface area (Å²) in [5, 5.41) is 8.69. The Morgan fingerprint density at radius 2 is 1.85 bits per heavy atom. The van der Waals surface area contributed by atoms with Crippen LogP contribution in [0.1, 0.15) is 37.7 Å². The average molecular weight is 371 g/mol. The van der Waals surface area contributed by atoms with Crippen LogP contribution in [0, 0.1) is 5.82 Å². The smallest absolute Gasteiger partial charge is 0.303 e. The number of hydrogen-bond acceptors (Lipinski definition) is 3. The fraction of sp³-hybridized carbons (Fsp3) is 0.409. The first kappa shape index (κ1) is 19.2. The number of carboxylic acid groups (broad SMARTS) is 1. The summed E-state index contributed by atoms with van der Waals surface area (Å²) in [6, 6.07) is 14.7. The van der Waals surface area contributed by atoms with Crippen LogP contribution in [0.5, 0.6) is 5.75 Å². The molecule has 144 valence electrons. The molecule has 27 heavy (non-hydrogen) atoms. The molecule has 4 nitrogen and oxygen atoms in total. The number of rotatable bonds is 8. The molecule has 0 spiro atoms. The SMILES string of the molecule is O=C(O)CCCCc1ccc(N2CCC[C@H](Oc3ccc(F)cc3)C2)cc1. The van der Waals surface area contributed by atoms with Gasteiger partial charge in [-0.05, 0) is 74.1 Å². The zero-order chi connectivity index (χ0) is 19.1. The second-order valence-corrected chi connectivity index (χ2v) is 7.05. The third kappa shape index (κ3) is 5.98. The summed E-state index contributed by atoms with van der Waals surface area (Å²) in [6.07, 6.45) is 4.90. The van der Waals surface area contributed by atoms with E-state index in [0.717, 1.165) is 38.8 Å². The van der Waals surface area contributed by atoms with Gasteiger partial charge in [-0.3, -0.25) is 4.79 Å². The van der Waals surface area contributed by atoms with Crippen molar-refractivity contribution in [2.24, 2.45) is 0 Å². The molecule has 2 aromatic rings. The minimum absolute atomic E-state index is 0.0971. The number of piperidine rings is 1. The Morgan fingerprint density at radius 3 is 2.56 bits per heavy atom. The monoisotopic (exact) mass is 371 g/mol. The number of aryl methyl sites for hydroxylation is 1. The Kier molecular flexibility index (Phi) is 6.69. The summed E-state index contributed by atoms with van der Waals surface area (Å²) in [7, 11) is 0. The molecule has 0 unspecified atom stereocenters. The van der Waals surface area contributed by atoms with Crippen LogP contribution >= 0.6 is 0 Å². The van der Waals surface area contributed by atoms with Crippen LogP contribution in [0.4, 0.5) is 10.1 Å². The zero-order valence-corrected chi connectivity index (χ0v) is 15.4. The zero-order valence-electron chi connectivity index (χ0n) is 15.4. The predicted octanol–water partition coefficient (Wildman–Crippen LogP) is 4.67. The molecule has 1 fully saturated rings. The highest BCUT2D eigenvalue weighted by Crippen LogP contribution is 2.24. The van der Waals surface area contributed by atoms with Crippen LogP contribution in [0.2, 0.25) is 0 Å². The van der Waals surface area contributed by atoms with Gasteiger partial charge in [-0.25, -0.2) is 4.39 Å².